The van der Waals surface area contributed by atoms with E-state index < -0.39 is 0 Å². The Hall–Kier alpha value is -0.930. The predicted molar refractivity (Wildman–Crippen MR) is 70.6 cm³/mol. The second-order valence-electron chi connectivity index (χ2n) is 5.23. The number of pyridine rings is 1. The number of rotatable bonds is 3. The number of nitrogens with two attached hydrogens (primary N) is 1. The molecule has 1 fully saturated rings. The summed E-state index contributed by atoms with van der Waals surface area (Å²) in [4.78, 5) is 6.76. The summed E-state index contributed by atoms with van der Waals surface area (Å²) in [5.74, 6) is 0.654. The van der Waals surface area contributed by atoms with Gasteiger partial charge in [-0.25, -0.2) is 0 Å². The Balaban J connectivity index is 1.95. The highest BCUT2D eigenvalue weighted by Gasteiger charge is 2.24. The average molecular weight is 233 g/mol. The molecule has 1 saturated heterocycles. The van der Waals surface area contributed by atoms with Crippen molar-refractivity contribution >= 4 is 0 Å². The lowest BCUT2D eigenvalue weighted by Gasteiger charge is -2.36. The molecule has 1 aliphatic heterocycles. The van der Waals surface area contributed by atoms with Crippen LogP contribution in [0.25, 0.3) is 0 Å². The second-order valence-corrected chi connectivity index (χ2v) is 5.23. The Morgan fingerprint density at radius 2 is 2.29 bits per heavy atom. The van der Waals surface area contributed by atoms with Crippen molar-refractivity contribution in [1.82, 2.24) is 9.88 Å². The van der Waals surface area contributed by atoms with Crippen LogP contribution in [0.2, 0.25) is 0 Å². The van der Waals surface area contributed by atoms with Gasteiger partial charge in [0.1, 0.15) is 0 Å². The molecule has 3 heteroatoms. The molecule has 0 radical (unpaired) electrons. The Morgan fingerprint density at radius 3 is 3.00 bits per heavy atom. The SMILES string of the molecule is CCC1CN(Cc2cncc(C)c2)CCC1N. The fourth-order valence-electron chi connectivity index (χ4n) is 2.66. The van der Waals surface area contributed by atoms with Gasteiger partial charge in [-0.05, 0) is 36.9 Å². The monoisotopic (exact) mass is 233 g/mol. The fraction of sp³-hybridized carbons (Fsp3) is 0.643. The third-order valence-corrected chi connectivity index (χ3v) is 3.74. The van der Waals surface area contributed by atoms with Crippen molar-refractivity contribution in [3.05, 3.63) is 29.6 Å². The zero-order chi connectivity index (χ0) is 12.3. The van der Waals surface area contributed by atoms with Crippen molar-refractivity contribution in [2.24, 2.45) is 11.7 Å². The van der Waals surface area contributed by atoms with Crippen molar-refractivity contribution in [2.75, 3.05) is 13.1 Å². The number of likely N-dealkylation sites (tertiary alicyclic amines) is 1. The number of aromatic nitrogens is 1. The second kappa shape index (κ2) is 5.61. The molecule has 0 aliphatic carbocycles. The minimum Gasteiger partial charge on any atom is -0.327 e. The molecule has 94 valence electrons. The number of hydrogen-bond donors (Lipinski definition) is 1. The van der Waals surface area contributed by atoms with Gasteiger partial charge in [0, 0.05) is 31.5 Å². The molecule has 0 amide bonds. The molecule has 2 rings (SSSR count). The van der Waals surface area contributed by atoms with E-state index in [-0.39, 0.29) is 0 Å². The van der Waals surface area contributed by atoms with E-state index in [9.17, 15) is 0 Å². The molecule has 1 aromatic heterocycles. The van der Waals surface area contributed by atoms with Gasteiger partial charge in [0.2, 0.25) is 0 Å². The van der Waals surface area contributed by atoms with E-state index in [0.717, 1.165) is 26.1 Å². The molecule has 1 aromatic rings. The minimum absolute atomic E-state index is 0.395. The number of hydrogen-bond acceptors (Lipinski definition) is 3. The maximum atomic E-state index is 6.13. The summed E-state index contributed by atoms with van der Waals surface area (Å²) in [7, 11) is 0. The van der Waals surface area contributed by atoms with Crippen molar-refractivity contribution in [3.8, 4) is 0 Å². The van der Waals surface area contributed by atoms with Crippen LogP contribution in [0.4, 0.5) is 0 Å². The lowest BCUT2D eigenvalue weighted by atomic mass is 9.90. The number of aryl methyl sites for hydroxylation is 1. The fourth-order valence-corrected chi connectivity index (χ4v) is 2.66. The standard InChI is InChI=1S/C14H23N3/c1-3-13-10-17(5-4-14(13)15)9-12-6-11(2)7-16-8-12/h6-8,13-14H,3-5,9-10,15H2,1-2H3. The summed E-state index contributed by atoms with van der Waals surface area (Å²) in [5.41, 5.74) is 8.68. The molecule has 1 aliphatic rings. The van der Waals surface area contributed by atoms with Gasteiger partial charge in [-0.2, -0.15) is 0 Å². The van der Waals surface area contributed by atoms with Crippen LogP contribution in [-0.2, 0) is 6.54 Å². The first-order valence-corrected chi connectivity index (χ1v) is 6.57. The van der Waals surface area contributed by atoms with E-state index >= 15 is 0 Å². The highest BCUT2D eigenvalue weighted by Crippen LogP contribution is 2.20. The van der Waals surface area contributed by atoms with Crippen molar-refractivity contribution in [2.45, 2.75) is 39.3 Å². The Kier molecular flexibility index (Phi) is 4.13. The van der Waals surface area contributed by atoms with Gasteiger partial charge in [-0.3, -0.25) is 9.88 Å². The van der Waals surface area contributed by atoms with Gasteiger partial charge in [-0.15, -0.1) is 0 Å². The predicted octanol–water partition coefficient (Wildman–Crippen LogP) is 1.95. The van der Waals surface area contributed by atoms with Crippen LogP contribution in [0.15, 0.2) is 18.5 Å². The van der Waals surface area contributed by atoms with Gasteiger partial charge >= 0.3 is 0 Å². The van der Waals surface area contributed by atoms with E-state index in [1.807, 2.05) is 12.4 Å². The number of nitrogens with zero attached hydrogens (tertiary/aromatic N) is 2. The van der Waals surface area contributed by atoms with Crippen molar-refractivity contribution in [3.63, 3.8) is 0 Å². The minimum atomic E-state index is 0.395. The molecular formula is C14H23N3. The van der Waals surface area contributed by atoms with Crippen LogP contribution >= 0.6 is 0 Å². The maximum Gasteiger partial charge on any atom is 0.0313 e. The van der Waals surface area contributed by atoms with Crippen LogP contribution < -0.4 is 5.73 Å². The van der Waals surface area contributed by atoms with E-state index in [0.29, 0.717) is 12.0 Å². The van der Waals surface area contributed by atoms with Gasteiger partial charge in [0.05, 0.1) is 0 Å². The topological polar surface area (TPSA) is 42.2 Å². The number of piperidine rings is 1. The lowest BCUT2D eigenvalue weighted by molar-refractivity contribution is 0.145. The molecular weight excluding hydrogens is 210 g/mol. The molecule has 0 saturated carbocycles. The van der Waals surface area contributed by atoms with Gasteiger partial charge in [-0.1, -0.05) is 19.4 Å². The van der Waals surface area contributed by atoms with Crippen LogP contribution in [0.3, 0.4) is 0 Å². The van der Waals surface area contributed by atoms with Crippen molar-refractivity contribution in [1.29, 1.82) is 0 Å². The van der Waals surface area contributed by atoms with Gasteiger partial charge in [0.15, 0.2) is 0 Å². The van der Waals surface area contributed by atoms with Gasteiger partial charge < -0.3 is 5.73 Å². The van der Waals surface area contributed by atoms with Gasteiger partial charge in [0.25, 0.3) is 0 Å². The van der Waals surface area contributed by atoms with E-state index in [4.69, 9.17) is 5.73 Å². The normalized spacial score (nSPS) is 26.1. The third kappa shape index (κ3) is 3.27. The molecule has 2 N–H and O–H groups in total. The van der Waals surface area contributed by atoms with Crippen LogP contribution in [0.1, 0.15) is 30.9 Å². The summed E-state index contributed by atoms with van der Waals surface area (Å²) in [6.07, 6.45) is 6.19. The van der Waals surface area contributed by atoms with E-state index in [2.05, 4.69) is 29.8 Å². The zero-order valence-electron chi connectivity index (χ0n) is 10.9. The highest BCUT2D eigenvalue weighted by molar-refractivity contribution is 5.16. The molecule has 0 spiro atoms. The molecule has 0 aromatic carbocycles. The Morgan fingerprint density at radius 1 is 1.47 bits per heavy atom. The summed E-state index contributed by atoms with van der Waals surface area (Å²) < 4.78 is 0. The van der Waals surface area contributed by atoms with Crippen LogP contribution in [0.5, 0.6) is 0 Å². The summed E-state index contributed by atoms with van der Waals surface area (Å²) >= 11 is 0. The first-order chi connectivity index (χ1) is 8.19. The molecule has 3 nitrogen and oxygen atoms in total. The van der Waals surface area contributed by atoms with Crippen LogP contribution in [-0.4, -0.2) is 29.0 Å². The van der Waals surface area contributed by atoms with E-state index in [1.165, 1.54) is 17.5 Å². The first-order valence-electron chi connectivity index (χ1n) is 6.57. The molecule has 17 heavy (non-hydrogen) atoms. The highest BCUT2D eigenvalue weighted by atomic mass is 15.1. The molecule has 2 unspecified atom stereocenters. The first kappa shape index (κ1) is 12.5. The molecule has 2 atom stereocenters. The van der Waals surface area contributed by atoms with Crippen molar-refractivity contribution < 1.29 is 0 Å². The quantitative estimate of drug-likeness (QED) is 0.867. The lowest BCUT2D eigenvalue weighted by Crippen LogP contribution is -2.46. The summed E-state index contributed by atoms with van der Waals surface area (Å²) in [6.45, 7) is 7.59. The third-order valence-electron chi connectivity index (χ3n) is 3.74. The largest absolute Gasteiger partial charge is 0.327 e. The maximum absolute atomic E-state index is 6.13. The van der Waals surface area contributed by atoms with E-state index in [1.54, 1.807) is 0 Å². The Labute approximate surface area is 104 Å². The zero-order valence-corrected chi connectivity index (χ0v) is 10.9. The molecule has 2 heterocycles. The molecule has 0 bridgehead atoms. The summed E-state index contributed by atoms with van der Waals surface area (Å²) in [6, 6.07) is 2.62. The van der Waals surface area contributed by atoms with Crippen LogP contribution in [0, 0.1) is 12.8 Å². The smallest absolute Gasteiger partial charge is 0.0313 e. The average Bonchev–Trinajstić information content (AvgIpc) is 2.32. The Bertz CT molecular complexity index is 364. The summed E-state index contributed by atoms with van der Waals surface area (Å²) in [5, 5.41) is 0.